The van der Waals surface area contributed by atoms with Crippen LogP contribution in [0, 0.1) is 0 Å². The molecule has 0 aliphatic heterocycles. The molecule has 0 saturated carbocycles. The lowest BCUT2D eigenvalue weighted by Gasteiger charge is -2.09. The van der Waals surface area contributed by atoms with Crippen LogP contribution in [0.4, 0.5) is 17.6 Å². The number of ether oxygens (including phenoxy) is 1. The number of halogens is 4. The van der Waals surface area contributed by atoms with Gasteiger partial charge in [-0.3, -0.25) is 0 Å². The van der Waals surface area contributed by atoms with Crippen LogP contribution in [0.15, 0.2) is 0 Å². The molecule has 9 heavy (non-hydrogen) atoms. The normalized spacial score (nSPS) is 15.7. The van der Waals surface area contributed by atoms with Crippen molar-refractivity contribution in [1.82, 2.24) is 0 Å². The number of hydrogen-bond acceptors (Lipinski definition) is 1. The second kappa shape index (κ2) is 3.00. The Labute approximate surface area is 49.6 Å². The van der Waals surface area contributed by atoms with Crippen molar-refractivity contribution in [1.29, 1.82) is 0 Å². The van der Waals surface area contributed by atoms with E-state index in [2.05, 4.69) is 4.74 Å². The molecule has 0 aromatic carbocycles. The van der Waals surface area contributed by atoms with Crippen molar-refractivity contribution in [2.24, 2.45) is 0 Å². The molecule has 0 bridgehead atoms. The molecule has 0 N–H and O–H groups in total. The highest BCUT2D eigenvalue weighted by molar-refractivity contribution is 4.63. The molecular formula is C4H6F4O. The first kappa shape index (κ1) is 8.68. The standard InChI is InChI=1S/C4H6F4O/c1-9-2-3(5)4(6,7)8/h3H,2H2,1H3. The maximum absolute atomic E-state index is 11.7. The molecule has 0 heterocycles. The molecule has 56 valence electrons. The number of methoxy groups -OCH3 is 1. The van der Waals surface area contributed by atoms with Crippen LogP contribution in [-0.4, -0.2) is 26.1 Å². The van der Waals surface area contributed by atoms with Crippen molar-refractivity contribution >= 4 is 0 Å². The van der Waals surface area contributed by atoms with Crippen LogP contribution in [0.5, 0.6) is 0 Å². The maximum atomic E-state index is 11.7. The van der Waals surface area contributed by atoms with E-state index in [-0.39, 0.29) is 0 Å². The molecular weight excluding hydrogens is 140 g/mol. The van der Waals surface area contributed by atoms with Crippen molar-refractivity contribution in [2.75, 3.05) is 13.7 Å². The van der Waals surface area contributed by atoms with E-state index in [0.717, 1.165) is 7.11 Å². The van der Waals surface area contributed by atoms with Gasteiger partial charge in [0.15, 0.2) is 0 Å². The number of hydrogen-bond donors (Lipinski definition) is 0. The first-order chi connectivity index (χ1) is 3.98. The summed E-state index contributed by atoms with van der Waals surface area (Å²) < 4.78 is 49.1. The minimum atomic E-state index is -4.78. The Balaban J connectivity index is 3.59. The predicted octanol–water partition coefficient (Wildman–Crippen LogP) is 1.53. The summed E-state index contributed by atoms with van der Waals surface area (Å²) in [4.78, 5) is 0. The van der Waals surface area contributed by atoms with Crippen LogP contribution in [0.2, 0.25) is 0 Å². The van der Waals surface area contributed by atoms with Gasteiger partial charge < -0.3 is 4.74 Å². The van der Waals surface area contributed by atoms with Crippen LogP contribution in [0.3, 0.4) is 0 Å². The Bertz CT molecular complexity index is 79.1. The molecule has 0 spiro atoms. The molecule has 0 rings (SSSR count). The lowest BCUT2D eigenvalue weighted by atomic mass is 10.4. The highest BCUT2D eigenvalue weighted by atomic mass is 19.4. The first-order valence-electron chi connectivity index (χ1n) is 2.18. The van der Waals surface area contributed by atoms with E-state index in [4.69, 9.17) is 0 Å². The van der Waals surface area contributed by atoms with E-state index in [9.17, 15) is 17.6 Å². The summed E-state index contributed by atoms with van der Waals surface area (Å²) in [6.45, 7) is -0.927. The van der Waals surface area contributed by atoms with Gasteiger partial charge in [-0.15, -0.1) is 0 Å². The monoisotopic (exact) mass is 146 g/mol. The summed E-state index contributed by atoms with van der Waals surface area (Å²) in [6, 6.07) is 0. The van der Waals surface area contributed by atoms with Crippen molar-refractivity contribution in [3.63, 3.8) is 0 Å². The van der Waals surface area contributed by atoms with Crippen molar-refractivity contribution in [3.8, 4) is 0 Å². The molecule has 0 radical (unpaired) electrons. The Morgan fingerprint density at radius 2 is 1.89 bits per heavy atom. The fourth-order valence-electron chi connectivity index (χ4n) is 0.241. The van der Waals surface area contributed by atoms with Crippen molar-refractivity contribution < 1.29 is 22.3 Å². The molecule has 0 aliphatic rings. The SMILES string of the molecule is COCC(F)C(F)(F)F. The fraction of sp³-hybridized carbons (Fsp3) is 1.00. The van der Waals surface area contributed by atoms with Gasteiger partial charge in [0.1, 0.15) is 0 Å². The summed E-state index contributed by atoms with van der Waals surface area (Å²) in [5, 5.41) is 0. The zero-order valence-electron chi connectivity index (χ0n) is 4.70. The van der Waals surface area contributed by atoms with Gasteiger partial charge in [0, 0.05) is 7.11 Å². The summed E-state index contributed by atoms with van der Waals surface area (Å²) >= 11 is 0. The van der Waals surface area contributed by atoms with Crippen LogP contribution >= 0.6 is 0 Å². The smallest absolute Gasteiger partial charge is 0.381 e. The van der Waals surface area contributed by atoms with Gasteiger partial charge >= 0.3 is 6.18 Å². The molecule has 0 aromatic rings. The maximum Gasteiger partial charge on any atom is 0.421 e. The third kappa shape index (κ3) is 3.29. The molecule has 1 nitrogen and oxygen atoms in total. The van der Waals surface area contributed by atoms with Crippen molar-refractivity contribution in [2.45, 2.75) is 12.3 Å². The molecule has 0 aliphatic carbocycles. The quantitative estimate of drug-likeness (QED) is 0.537. The van der Waals surface area contributed by atoms with Crippen LogP contribution in [0.1, 0.15) is 0 Å². The van der Waals surface area contributed by atoms with Gasteiger partial charge in [-0.25, -0.2) is 4.39 Å². The largest absolute Gasteiger partial charge is 0.421 e. The molecule has 0 amide bonds. The lowest BCUT2D eigenvalue weighted by Crippen LogP contribution is -2.28. The highest BCUT2D eigenvalue weighted by Crippen LogP contribution is 2.22. The lowest BCUT2D eigenvalue weighted by molar-refractivity contribution is -0.191. The van der Waals surface area contributed by atoms with E-state index < -0.39 is 19.0 Å². The van der Waals surface area contributed by atoms with Crippen molar-refractivity contribution in [3.05, 3.63) is 0 Å². The summed E-state index contributed by atoms with van der Waals surface area (Å²) in [6.07, 6.45) is -7.64. The Hall–Kier alpha value is -0.320. The minimum Gasteiger partial charge on any atom is -0.381 e. The van der Waals surface area contributed by atoms with Gasteiger partial charge in [-0.1, -0.05) is 0 Å². The third-order valence-corrected chi connectivity index (χ3v) is 0.668. The Morgan fingerprint density at radius 1 is 1.44 bits per heavy atom. The fourth-order valence-corrected chi connectivity index (χ4v) is 0.241. The van der Waals surface area contributed by atoms with E-state index in [0.29, 0.717) is 0 Å². The van der Waals surface area contributed by atoms with E-state index in [1.165, 1.54) is 0 Å². The average Bonchev–Trinajstić information content (AvgIpc) is 1.64. The molecule has 1 unspecified atom stereocenters. The Morgan fingerprint density at radius 3 is 2.00 bits per heavy atom. The molecule has 0 saturated heterocycles. The first-order valence-corrected chi connectivity index (χ1v) is 2.18. The third-order valence-electron chi connectivity index (χ3n) is 0.668. The summed E-state index contributed by atoms with van der Waals surface area (Å²) in [7, 11) is 1.01. The van der Waals surface area contributed by atoms with E-state index in [1.54, 1.807) is 0 Å². The molecule has 5 heteroatoms. The van der Waals surface area contributed by atoms with Crippen LogP contribution in [0.25, 0.3) is 0 Å². The highest BCUT2D eigenvalue weighted by Gasteiger charge is 2.39. The summed E-state index contributed by atoms with van der Waals surface area (Å²) in [5.41, 5.74) is 0. The second-order valence-electron chi connectivity index (χ2n) is 1.46. The Kier molecular flexibility index (Phi) is 2.90. The molecule has 0 fully saturated rings. The number of rotatable bonds is 2. The van der Waals surface area contributed by atoms with Gasteiger partial charge in [-0.2, -0.15) is 13.2 Å². The topological polar surface area (TPSA) is 9.23 Å². The van der Waals surface area contributed by atoms with Gasteiger partial charge in [-0.05, 0) is 0 Å². The molecule has 1 atom stereocenters. The number of alkyl halides is 4. The van der Waals surface area contributed by atoms with Crippen LogP contribution in [-0.2, 0) is 4.74 Å². The predicted molar refractivity (Wildman–Crippen MR) is 22.8 cm³/mol. The molecule has 0 aromatic heterocycles. The zero-order chi connectivity index (χ0) is 7.49. The van der Waals surface area contributed by atoms with Gasteiger partial charge in [0.2, 0.25) is 6.17 Å². The average molecular weight is 146 g/mol. The van der Waals surface area contributed by atoms with E-state index >= 15 is 0 Å². The second-order valence-corrected chi connectivity index (χ2v) is 1.46. The van der Waals surface area contributed by atoms with Crippen LogP contribution < -0.4 is 0 Å². The minimum absolute atomic E-state index is 0.927. The van der Waals surface area contributed by atoms with E-state index in [1.807, 2.05) is 0 Å². The van der Waals surface area contributed by atoms with Gasteiger partial charge in [0.25, 0.3) is 0 Å². The summed E-state index contributed by atoms with van der Waals surface area (Å²) in [5.74, 6) is 0. The zero-order valence-corrected chi connectivity index (χ0v) is 4.70. The van der Waals surface area contributed by atoms with Gasteiger partial charge in [0.05, 0.1) is 6.61 Å².